The minimum absolute atomic E-state index is 0.0930. The number of aromatic nitrogens is 3. The molecule has 0 spiro atoms. The van der Waals surface area contributed by atoms with Gasteiger partial charge in [-0.3, -0.25) is 4.90 Å². The van der Waals surface area contributed by atoms with Crippen LogP contribution in [0.15, 0.2) is 89.8 Å². The Balaban J connectivity index is 1.07. The van der Waals surface area contributed by atoms with E-state index in [4.69, 9.17) is 27.9 Å². The van der Waals surface area contributed by atoms with Crippen LogP contribution in [0.5, 0.6) is 5.75 Å². The van der Waals surface area contributed by atoms with Crippen LogP contribution in [0.1, 0.15) is 29.3 Å². The van der Waals surface area contributed by atoms with Crippen molar-refractivity contribution in [2.75, 3.05) is 17.3 Å². The van der Waals surface area contributed by atoms with Gasteiger partial charge in [-0.1, -0.05) is 66.7 Å². The van der Waals surface area contributed by atoms with Crippen LogP contribution in [0.4, 0.5) is 23.7 Å². The van der Waals surface area contributed by atoms with Gasteiger partial charge in [0, 0.05) is 28.0 Å². The lowest BCUT2D eigenvalue weighted by molar-refractivity contribution is -0.274. The Labute approximate surface area is 264 Å². The van der Waals surface area contributed by atoms with Crippen molar-refractivity contribution in [3.63, 3.8) is 0 Å². The predicted octanol–water partition coefficient (Wildman–Crippen LogP) is 8.51. The molecule has 1 amide bonds. The highest BCUT2D eigenvalue weighted by Gasteiger charge is 2.34. The molecule has 0 radical (unpaired) electrons. The maximum absolute atomic E-state index is 12.7. The molecule has 14 heteroatoms. The Morgan fingerprint density at radius 2 is 1.89 bits per heavy atom. The first-order valence-corrected chi connectivity index (χ1v) is 15.0. The quantitative estimate of drug-likeness (QED) is 0.192. The Morgan fingerprint density at radius 3 is 2.61 bits per heavy atom. The molecule has 2 atom stereocenters. The summed E-state index contributed by atoms with van der Waals surface area (Å²) in [4.78, 5) is 23.1. The first-order valence-electron chi connectivity index (χ1n) is 13.2. The third-order valence-corrected chi connectivity index (χ3v) is 8.48. The number of alkyl halides is 4. The highest BCUT2D eigenvalue weighted by molar-refractivity contribution is 8.14. The second-order valence-corrected chi connectivity index (χ2v) is 11.8. The zero-order valence-electron chi connectivity index (χ0n) is 22.8. The third-order valence-electron chi connectivity index (χ3n) is 6.89. The Kier molecular flexibility index (Phi) is 8.32. The van der Waals surface area contributed by atoms with E-state index in [1.54, 1.807) is 24.3 Å². The molecule has 3 heterocycles. The number of hydrogen-bond acceptors (Lipinski definition) is 6. The number of amides is 1. The number of rotatable bonds is 6. The van der Waals surface area contributed by atoms with E-state index in [-0.39, 0.29) is 18.3 Å². The largest absolute Gasteiger partial charge is 0.573 e. The van der Waals surface area contributed by atoms with Crippen LogP contribution >= 0.6 is 35.0 Å². The number of aliphatic imine (C=N–C) groups is 1. The summed E-state index contributed by atoms with van der Waals surface area (Å²) in [6, 6.07) is 18.1. The van der Waals surface area contributed by atoms with Crippen molar-refractivity contribution in [3.8, 4) is 22.8 Å². The van der Waals surface area contributed by atoms with Crippen LogP contribution < -0.4 is 9.64 Å². The average molecular weight is 661 g/mol. The number of halogens is 5. The molecule has 0 saturated carbocycles. The van der Waals surface area contributed by atoms with Gasteiger partial charge < -0.3 is 9.47 Å². The van der Waals surface area contributed by atoms with Crippen LogP contribution in [0.2, 0.25) is 5.02 Å². The second kappa shape index (κ2) is 12.2. The summed E-state index contributed by atoms with van der Waals surface area (Å²) in [7, 11) is 0. The molecule has 3 aromatic carbocycles. The summed E-state index contributed by atoms with van der Waals surface area (Å²) in [6.07, 6.45) is -1.90. The number of thioether (sulfide) groups is 1. The molecule has 4 aromatic rings. The number of carbonyl (C=O) groups is 1. The topological polar surface area (TPSA) is 81.8 Å². The van der Waals surface area contributed by atoms with E-state index in [0.29, 0.717) is 38.6 Å². The average Bonchev–Trinajstić information content (AvgIpc) is 3.63. The number of fused-ring (bicyclic) bond motifs is 3. The molecule has 6 rings (SSSR count). The van der Waals surface area contributed by atoms with E-state index in [1.165, 1.54) is 47.0 Å². The van der Waals surface area contributed by atoms with E-state index in [2.05, 4.69) is 32.8 Å². The van der Waals surface area contributed by atoms with Crippen LogP contribution in [-0.4, -0.2) is 44.7 Å². The van der Waals surface area contributed by atoms with Crippen molar-refractivity contribution in [3.05, 3.63) is 101 Å². The number of amidine groups is 1. The van der Waals surface area contributed by atoms with Gasteiger partial charge in [0.2, 0.25) is 0 Å². The summed E-state index contributed by atoms with van der Waals surface area (Å²) in [5.74, 6) is 0.974. The van der Waals surface area contributed by atoms with E-state index in [0.717, 1.165) is 16.9 Å². The minimum atomic E-state index is -4.77. The third kappa shape index (κ3) is 6.57. The fraction of sp³-hybridized carbons (Fsp3) is 0.200. The van der Waals surface area contributed by atoms with Crippen molar-refractivity contribution in [1.29, 1.82) is 0 Å². The van der Waals surface area contributed by atoms with Gasteiger partial charge in [-0.05, 0) is 47.5 Å². The number of benzene rings is 3. The fourth-order valence-electron chi connectivity index (χ4n) is 4.84. The molecule has 0 bridgehead atoms. The fourth-order valence-corrected chi connectivity index (χ4v) is 6.20. The summed E-state index contributed by atoms with van der Waals surface area (Å²) in [5.41, 5.74) is 4.96. The molecule has 8 nitrogen and oxygen atoms in total. The van der Waals surface area contributed by atoms with Crippen molar-refractivity contribution >= 4 is 51.9 Å². The van der Waals surface area contributed by atoms with Crippen LogP contribution in [-0.2, 0) is 4.74 Å². The Bertz CT molecular complexity index is 1760. The lowest BCUT2D eigenvalue weighted by Gasteiger charge is -2.29. The molecule has 1 saturated heterocycles. The van der Waals surface area contributed by atoms with Crippen molar-refractivity contribution < 1.29 is 27.4 Å². The number of nitrogens with zero attached hydrogens (tertiary/aromatic N) is 5. The Hall–Kier alpha value is -4.00. The first kappa shape index (κ1) is 30.0. The second-order valence-electron chi connectivity index (χ2n) is 9.89. The monoisotopic (exact) mass is 659 g/mol. The zero-order valence-corrected chi connectivity index (χ0v) is 25.2. The predicted molar refractivity (Wildman–Crippen MR) is 164 cm³/mol. The normalized spacial score (nSPS) is 17.6. The number of anilines is 1. The van der Waals surface area contributed by atoms with Crippen molar-refractivity contribution in [2.24, 2.45) is 4.99 Å². The van der Waals surface area contributed by atoms with Gasteiger partial charge >= 0.3 is 12.5 Å². The zero-order chi connectivity index (χ0) is 31.0. The lowest BCUT2D eigenvalue weighted by Crippen LogP contribution is -2.27. The maximum Gasteiger partial charge on any atom is 0.573 e. The van der Waals surface area contributed by atoms with E-state index in [9.17, 15) is 18.0 Å². The summed E-state index contributed by atoms with van der Waals surface area (Å²) in [5, 5.41) is 4.89. The molecule has 2 aliphatic rings. The molecule has 2 unspecified atom stereocenters. The number of ether oxygens (including phenoxy) is 2. The van der Waals surface area contributed by atoms with Crippen molar-refractivity contribution in [2.45, 2.75) is 24.6 Å². The molecule has 2 aliphatic heterocycles. The molecular weight excluding hydrogens is 638 g/mol. The minimum Gasteiger partial charge on any atom is -0.446 e. The maximum atomic E-state index is 12.7. The first-order chi connectivity index (χ1) is 21.0. The Morgan fingerprint density at radius 1 is 1.14 bits per heavy atom. The van der Waals surface area contributed by atoms with Crippen LogP contribution in [0, 0.1) is 0 Å². The SMILES string of the molecule is CC1C=C2CS/C(=N\C(=O)OCC(Cl)c3ccc(-c4ncn(-c5ccc(OC(F)(F)F)cc5)n4)cc3)N2c2cc(Cl)ccc21. The van der Waals surface area contributed by atoms with Crippen LogP contribution in [0.25, 0.3) is 17.1 Å². The molecule has 44 heavy (non-hydrogen) atoms. The van der Waals surface area contributed by atoms with Gasteiger partial charge in [-0.25, -0.2) is 14.5 Å². The van der Waals surface area contributed by atoms with Gasteiger partial charge in [0.1, 0.15) is 18.7 Å². The molecule has 1 fully saturated rings. The smallest absolute Gasteiger partial charge is 0.446 e. The van der Waals surface area contributed by atoms with Gasteiger partial charge in [-0.15, -0.1) is 29.9 Å². The van der Waals surface area contributed by atoms with Gasteiger partial charge in [-0.2, -0.15) is 4.99 Å². The lowest BCUT2D eigenvalue weighted by atomic mass is 9.94. The summed E-state index contributed by atoms with van der Waals surface area (Å²) >= 11 is 14.2. The number of carbonyl (C=O) groups excluding carboxylic acids is 1. The number of allylic oxidation sites excluding steroid dienone is 1. The van der Waals surface area contributed by atoms with E-state index < -0.39 is 17.8 Å². The van der Waals surface area contributed by atoms with Gasteiger partial charge in [0.15, 0.2) is 11.0 Å². The molecule has 0 N–H and O–H groups in total. The molecule has 226 valence electrons. The summed E-state index contributed by atoms with van der Waals surface area (Å²) in [6.45, 7) is 2.02. The van der Waals surface area contributed by atoms with Crippen molar-refractivity contribution in [1.82, 2.24) is 14.8 Å². The molecule has 1 aromatic heterocycles. The highest BCUT2D eigenvalue weighted by atomic mass is 35.5. The van der Waals surface area contributed by atoms with E-state index in [1.807, 2.05) is 23.1 Å². The van der Waals surface area contributed by atoms with E-state index >= 15 is 0 Å². The summed E-state index contributed by atoms with van der Waals surface area (Å²) < 4.78 is 47.9. The van der Waals surface area contributed by atoms with Gasteiger partial charge in [0.25, 0.3) is 0 Å². The van der Waals surface area contributed by atoms with Crippen LogP contribution in [0.3, 0.4) is 0 Å². The number of hydrogen-bond donors (Lipinski definition) is 0. The highest BCUT2D eigenvalue weighted by Crippen LogP contribution is 2.43. The molecule has 0 aliphatic carbocycles. The van der Waals surface area contributed by atoms with Gasteiger partial charge in [0.05, 0.1) is 16.8 Å². The standard InChI is InChI=1S/C30H22Cl2F3N5O3S/c1-17-12-22-15-44-28(40(22)26-13-20(31)6-11-24(17)26)37-29(41)42-14-25(32)18-2-4-19(5-3-18)27-36-16-39(38-27)21-7-9-23(10-8-21)43-30(33,34)35/h2-13,16-17,25H,14-15H2,1H3/b37-28-. The molecular formula is C30H22Cl2F3N5O3S.